The van der Waals surface area contributed by atoms with Crippen LogP contribution in [0.15, 0.2) is 54.1 Å². The number of ketones is 1. The number of aliphatic hydroxyl groups is 1. The minimum Gasteiger partial charge on any atom is -0.507 e. The van der Waals surface area contributed by atoms with Crippen molar-refractivity contribution in [3.8, 4) is 5.75 Å². The molecule has 178 valence electrons. The van der Waals surface area contributed by atoms with Crippen LogP contribution in [-0.2, 0) is 20.7 Å². The molecule has 5 rings (SSSR count). The van der Waals surface area contributed by atoms with Gasteiger partial charge in [0.25, 0.3) is 11.7 Å². The third-order valence-electron chi connectivity index (χ3n) is 6.80. The molecule has 7 nitrogen and oxygen atoms in total. The molecule has 0 radical (unpaired) electrons. The average molecular weight is 463 g/mol. The number of fused-ring (bicyclic) bond motifs is 1. The zero-order chi connectivity index (χ0) is 23.7. The molecule has 0 unspecified atom stereocenters. The van der Waals surface area contributed by atoms with E-state index in [-0.39, 0.29) is 17.4 Å². The average Bonchev–Trinajstić information content (AvgIpc) is 3.35. The topological polar surface area (TPSA) is 79.3 Å². The van der Waals surface area contributed by atoms with Crippen LogP contribution in [0.5, 0.6) is 5.75 Å². The van der Waals surface area contributed by atoms with Crippen LogP contribution in [-0.4, -0.2) is 72.1 Å². The predicted octanol–water partition coefficient (Wildman–Crippen LogP) is 3.15. The van der Waals surface area contributed by atoms with Gasteiger partial charge in [0.05, 0.1) is 24.8 Å². The minimum absolute atomic E-state index is 0.0776. The Labute approximate surface area is 199 Å². The largest absolute Gasteiger partial charge is 0.507 e. The van der Waals surface area contributed by atoms with Gasteiger partial charge in [-0.15, -0.1) is 0 Å². The van der Waals surface area contributed by atoms with Crippen LogP contribution in [0.3, 0.4) is 0 Å². The van der Waals surface area contributed by atoms with Crippen molar-refractivity contribution in [3.63, 3.8) is 0 Å². The van der Waals surface area contributed by atoms with Crippen molar-refractivity contribution in [1.29, 1.82) is 0 Å². The second-order valence-corrected chi connectivity index (χ2v) is 9.17. The molecule has 0 saturated carbocycles. The maximum atomic E-state index is 13.2. The number of hydrogen-bond donors (Lipinski definition) is 1. The summed E-state index contributed by atoms with van der Waals surface area (Å²) in [6.07, 6.45) is 1.56. The predicted molar refractivity (Wildman–Crippen MR) is 128 cm³/mol. The van der Waals surface area contributed by atoms with Gasteiger partial charge in [0.15, 0.2) is 0 Å². The van der Waals surface area contributed by atoms with E-state index in [4.69, 9.17) is 9.47 Å². The van der Waals surface area contributed by atoms with E-state index in [2.05, 4.69) is 4.90 Å². The third-order valence-corrected chi connectivity index (χ3v) is 6.80. The normalized spacial score (nSPS) is 24.3. The molecule has 2 atom stereocenters. The molecule has 0 spiro atoms. The van der Waals surface area contributed by atoms with Gasteiger partial charge in [-0.2, -0.15) is 0 Å². The standard InChI is InChI=1S/C27H30N2O5/c1-18-16-21-17-20(8-9-22(21)34-18)25(30)23-24(19-6-3-2-4-7-19)29(27(32)26(23)31)11-5-10-28-12-14-33-15-13-28/h2-4,6-9,17-18,24,30H,5,10-16H2,1H3/t18-,24+/m0/s1. The highest BCUT2D eigenvalue weighted by atomic mass is 16.5. The minimum atomic E-state index is -0.636. The first-order valence-electron chi connectivity index (χ1n) is 12.0. The van der Waals surface area contributed by atoms with Crippen molar-refractivity contribution in [2.45, 2.75) is 31.9 Å². The number of nitrogens with zero attached hydrogens (tertiary/aromatic N) is 2. The maximum Gasteiger partial charge on any atom is 0.295 e. The Morgan fingerprint density at radius 1 is 1.06 bits per heavy atom. The first-order valence-corrected chi connectivity index (χ1v) is 12.0. The molecule has 0 aromatic heterocycles. The number of rotatable bonds is 6. The Morgan fingerprint density at radius 3 is 2.59 bits per heavy atom. The van der Waals surface area contributed by atoms with E-state index < -0.39 is 17.7 Å². The summed E-state index contributed by atoms with van der Waals surface area (Å²) in [7, 11) is 0. The molecule has 1 amide bonds. The Hall–Kier alpha value is -3.16. The molecule has 3 aliphatic rings. The summed E-state index contributed by atoms with van der Waals surface area (Å²) in [5, 5.41) is 11.3. The monoisotopic (exact) mass is 462 g/mol. The number of Topliss-reactive ketones (excluding diaryl/α,β-unsaturated/α-hetero) is 1. The number of carbonyl (C=O) groups excluding carboxylic acids is 2. The lowest BCUT2D eigenvalue weighted by Gasteiger charge is -2.29. The summed E-state index contributed by atoms with van der Waals surface area (Å²) in [6.45, 7) is 6.46. The summed E-state index contributed by atoms with van der Waals surface area (Å²) < 4.78 is 11.2. The van der Waals surface area contributed by atoms with Gasteiger partial charge < -0.3 is 19.5 Å². The number of amides is 1. The molecule has 3 aliphatic heterocycles. The van der Waals surface area contributed by atoms with E-state index in [1.165, 1.54) is 0 Å². The Kier molecular flexibility index (Phi) is 6.39. The van der Waals surface area contributed by atoms with Gasteiger partial charge in [-0.25, -0.2) is 0 Å². The van der Waals surface area contributed by atoms with Crippen molar-refractivity contribution in [3.05, 3.63) is 70.8 Å². The van der Waals surface area contributed by atoms with Gasteiger partial charge in [-0.3, -0.25) is 14.5 Å². The van der Waals surface area contributed by atoms with Crippen LogP contribution in [0, 0.1) is 0 Å². The molecule has 3 heterocycles. The van der Waals surface area contributed by atoms with Crippen LogP contribution in [0.2, 0.25) is 0 Å². The number of morpholine rings is 1. The quantitative estimate of drug-likeness (QED) is 0.404. The Balaban J connectivity index is 1.46. The van der Waals surface area contributed by atoms with Gasteiger partial charge in [0, 0.05) is 38.2 Å². The van der Waals surface area contributed by atoms with Crippen LogP contribution < -0.4 is 4.74 Å². The smallest absolute Gasteiger partial charge is 0.295 e. The van der Waals surface area contributed by atoms with Crippen LogP contribution >= 0.6 is 0 Å². The van der Waals surface area contributed by atoms with Crippen molar-refractivity contribution < 1.29 is 24.2 Å². The second-order valence-electron chi connectivity index (χ2n) is 9.17. The fourth-order valence-corrected chi connectivity index (χ4v) is 5.11. The molecule has 34 heavy (non-hydrogen) atoms. The summed E-state index contributed by atoms with van der Waals surface area (Å²) in [5.74, 6) is -0.532. The molecule has 2 aromatic rings. The third kappa shape index (κ3) is 4.33. The van der Waals surface area contributed by atoms with Crippen LogP contribution in [0.4, 0.5) is 0 Å². The highest BCUT2D eigenvalue weighted by Crippen LogP contribution is 2.40. The van der Waals surface area contributed by atoms with E-state index in [9.17, 15) is 14.7 Å². The van der Waals surface area contributed by atoms with E-state index in [0.29, 0.717) is 12.1 Å². The highest BCUT2D eigenvalue weighted by Gasteiger charge is 2.45. The molecular weight excluding hydrogens is 432 g/mol. The van der Waals surface area contributed by atoms with Crippen molar-refractivity contribution in [1.82, 2.24) is 9.80 Å². The number of aliphatic hydroxyl groups excluding tert-OH is 1. The molecule has 2 saturated heterocycles. The number of ether oxygens (including phenoxy) is 2. The highest BCUT2D eigenvalue weighted by molar-refractivity contribution is 6.46. The first-order chi connectivity index (χ1) is 16.5. The fourth-order valence-electron chi connectivity index (χ4n) is 5.11. The molecule has 1 N–H and O–H groups in total. The molecular formula is C27H30N2O5. The van der Waals surface area contributed by atoms with Gasteiger partial charge in [-0.1, -0.05) is 30.3 Å². The van der Waals surface area contributed by atoms with Crippen molar-refractivity contribution in [2.24, 2.45) is 0 Å². The lowest BCUT2D eigenvalue weighted by Crippen LogP contribution is -2.38. The zero-order valence-corrected chi connectivity index (χ0v) is 19.4. The van der Waals surface area contributed by atoms with E-state index in [1.807, 2.05) is 49.4 Å². The van der Waals surface area contributed by atoms with E-state index in [0.717, 1.165) is 62.6 Å². The number of benzene rings is 2. The van der Waals surface area contributed by atoms with E-state index >= 15 is 0 Å². The lowest BCUT2D eigenvalue weighted by molar-refractivity contribution is -0.140. The fraction of sp³-hybridized carbons (Fsp3) is 0.407. The first kappa shape index (κ1) is 22.6. The Morgan fingerprint density at radius 2 is 1.82 bits per heavy atom. The summed E-state index contributed by atoms with van der Waals surface area (Å²) in [5.41, 5.74) is 2.48. The number of hydrogen-bond acceptors (Lipinski definition) is 6. The van der Waals surface area contributed by atoms with Crippen molar-refractivity contribution in [2.75, 3.05) is 39.4 Å². The molecule has 0 bridgehead atoms. The van der Waals surface area contributed by atoms with Gasteiger partial charge in [0.2, 0.25) is 0 Å². The van der Waals surface area contributed by atoms with Gasteiger partial charge >= 0.3 is 0 Å². The lowest BCUT2D eigenvalue weighted by atomic mass is 9.94. The van der Waals surface area contributed by atoms with Gasteiger partial charge in [-0.05, 0) is 42.7 Å². The molecule has 7 heteroatoms. The molecule has 0 aliphatic carbocycles. The van der Waals surface area contributed by atoms with Crippen molar-refractivity contribution >= 4 is 17.4 Å². The molecule has 2 aromatic carbocycles. The number of likely N-dealkylation sites (tertiary alicyclic amines) is 1. The van der Waals surface area contributed by atoms with Crippen LogP contribution in [0.1, 0.15) is 36.1 Å². The summed E-state index contributed by atoms with van der Waals surface area (Å²) in [4.78, 5) is 30.3. The number of carbonyl (C=O) groups is 2. The maximum absolute atomic E-state index is 13.2. The summed E-state index contributed by atoms with van der Waals surface area (Å²) in [6, 6.07) is 14.3. The van der Waals surface area contributed by atoms with E-state index in [1.54, 1.807) is 11.0 Å². The molecule has 2 fully saturated rings. The van der Waals surface area contributed by atoms with Crippen LogP contribution in [0.25, 0.3) is 5.76 Å². The summed E-state index contributed by atoms with van der Waals surface area (Å²) >= 11 is 0. The Bertz CT molecular complexity index is 1110. The SMILES string of the molecule is C[C@H]1Cc2cc(C(O)=C3C(=O)C(=O)N(CCCN4CCOCC4)[C@@H]3c3ccccc3)ccc2O1. The van der Waals surface area contributed by atoms with Gasteiger partial charge in [0.1, 0.15) is 17.6 Å². The second kappa shape index (κ2) is 9.60. The zero-order valence-electron chi connectivity index (χ0n) is 19.4.